The summed E-state index contributed by atoms with van der Waals surface area (Å²) >= 11 is 0. The van der Waals surface area contributed by atoms with Gasteiger partial charge in [-0.25, -0.2) is 4.68 Å². The Morgan fingerprint density at radius 1 is 1.22 bits per heavy atom. The molecule has 2 aliphatic rings. The molecule has 1 aliphatic heterocycles. The zero-order valence-corrected chi connectivity index (χ0v) is 13.7. The van der Waals surface area contributed by atoms with Gasteiger partial charge in [0.15, 0.2) is 0 Å². The summed E-state index contributed by atoms with van der Waals surface area (Å²) in [5.74, 6) is 0.823. The SMILES string of the molecule is COCC1c2nnn(CC3CC3)c2CCN1Cc1ccccc1. The second-order valence-electron chi connectivity index (χ2n) is 6.72. The molecule has 5 heteroatoms. The van der Waals surface area contributed by atoms with Crippen molar-refractivity contribution in [2.75, 3.05) is 20.3 Å². The summed E-state index contributed by atoms with van der Waals surface area (Å²) < 4.78 is 7.64. The van der Waals surface area contributed by atoms with Gasteiger partial charge < -0.3 is 4.74 Å². The van der Waals surface area contributed by atoms with Crippen LogP contribution in [0.15, 0.2) is 30.3 Å². The van der Waals surface area contributed by atoms with Crippen molar-refractivity contribution in [3.05, 3.63) is 47.3 Å². The van der Waals surface area contributed by atoms with E-state index in [-0.39, 0.29) is 6.04 Å². The van der Waals surface area contributed by atoms with Crippen LogP contribution in [0.5, 0.6) is 0 Å². The molecule has 2 heterocycles. The molecule has 1 aromatic heterocycles. The number of rotatable bonds is 6. The van der Waals surface area contributed by atoms with Crippen molar-refractivity contribution in [1.82, 2.24) is 19.9 Å². The summed E-state index contributed by atoms with van der Waals surface area (Å²) in [6.45, 7) is 3.68. The van der Waals surface area contributed by atoms with Crippen LogP contribution in [0.25, 0.3) is 0 Å². The van der Waals surface area contributed by atoms with Crippen molar-refractivity contribution in [2.45, 2.75) is 38.4 Å². The number of benzene rings is 1. The summed E-state index contributed by atoms with van der Waals surface area (Å²) in [7, 11) is 1.77. The van der Waals surface area contributed by atoms with Crippen molar-refractivity contribution >= 4 is 0 Å². The van der Waals surface area contributed by atoms with E-state index in [1.54, 1.807) is 7.11 Å². The van der Waals surface area contributed by atoms with Crippen LogP contribution in [-0.2, 0) is 24.2 Å². The standard InChI is InChI=1S/C18H24N4O/c1-23-13-17-18-16(22(20-19-18)12-15-7-8-15)9-10-21(17)11-14-5-3-2-4-6-14/h2-6,15,17H,7-13H2,1H3. The fourth-order valence-electron chi connectivity index (χ4n) is 3.48. The Labute approximate surface area is 137 Å². The molecule has 0 saturated heterocycles. The molecule has 4 rings (SSSR count). The Bertz CT molecular complexity index is 650. The molecule has 1 unspecified atom stereocenters. The molecule has 122 valence electrons. The van der Waals surface area contributed by atoms with Crippen LogP contribution in [0.3, 0.4) is 0 Å². The molecule has 5 nitrogen and oxygen atoms in total. The van der Waals surface area contributed by atoms with Gasteiger partial charge >= 0.3 is 0 Å². The van der Waals surface area contributed by atoms with E-state index in [9.17, 15) is 0 Å². The van der Waals surface area contributed by atoms with Crippen molar-refractivity contribution < 1.29 is 4.74 Å². The Balaban J connectivity index is 1.56. The van der Waals surface area contributed by atoms with Crippen LogP contribution in [0.1, 0.15) is 35.8 Å². The molecular formula is C18H24N4O. The third-order valence-electron chi connectivity index (χ3n) is 4.94. The Hall–Kier alpha value is -1.72. The van der Waals surface area contributed by atoms with E-state index in [0.29, 0.717) is 6.61 Å². The normalized spacial score (nSPS) is 21.3. The van der Waals surface area contributed by atoms with Gasteiger partial charge in [-0.2, -0.15) is 0 Å². The monoisotopic (exact) mass is 312 g/mol. The van der Waals surface area contributed by atoms with Crippen LogP contribution in [-0.4, -0.2) is 40.2 Å². The van der Waals surface area contributed by atoms with Crippen molar-refractivity contribution in [2.24, 2.45) is 5.92 Å². The number of methoxy groups -OCH3 is 1. The second kappa shape index (κ2) is 6.42. The second-order valence-corrected chi connectivity index (χ2v) is 6.72. The van der Waals surface area contributed by atoms with E-state index in [1.165, 1.54) is 24.1 Å². The van der Waals surface area contributed by atoms with Gasteiger partial charge in [-0.1, -0.05) is 35.5 Å². The average Bonchev–Trinajstić information content (AvgIpc) is 3.30. The molecule has 23 heavy (non-hydrogen) atoms. The lowest BCUT2D eigenvalue weighted by Gasteiger charge is -2.34. The minimum atomic E-state index is 0.205. The van der Waals surface area contributed by atoms with E-state index >= 15 is 0 Å². The summed E-state index contributed by atoms with van der Waals surface area (Å²) in [6, 6.07) is 10.8. The summed E-state index contributed by atoms with van der Waals surface area (Å²) in [6.07, 6.45) is 3.72. The quantitative estimate of drug-likeness (QED) is 0.822. The number of ether oxygens (including phenoxy) is 1. The number of aromatic nitrogens is 3. The average molecular weight is 312 g/mol. The van der Waals surface area contributed by atoms with Crippen LogP contribution >= 0.6 is 0 Å². The number of hydrogen-bond acceptors (Lipinski definition) is 4. The summed E-state index contributed by atoms with van der Waals surface area (Å²) in [5.41, 5.74) is 3.78. The molecule has 1 aliphatic carbocycles. The molecule has 1 atom stereocenters. The number of fused-ring (bicyclic) bond motifs is 1. The van der Waals surface area contributed by atoms with E-state index in [1.807, 2.05) is 0 Å². The topological polar surface area (TPSA) is 43.2 Å². The van der Waals surface area contributed by atoms with Gasteiger partial charge in [0.1, 0.15) is 5.69 Å². The lowest BCUT2D eigenvalue weighted by molar-refractivity contribution is 0.0749. The Kier molecular flexibility index (Phi) is 4.14. The first-order chi connectivity index (χ1) is 11.3. The van der Waals surface area contributed by atoms with Gasteiger partial charge in [0, 0.05) is 33.2 Å². The maximum atomic E-state index is 5.49. The zero-order chi connectivity index (χ0) is 15.6. The molecule has 2 aromatic rings. The summed E-state index contributed by atoms with van der Waals surface area (Å²) in [5, 5.41) is 8.96. The Morgan fingerprint density at radius 3 is 2.78 bits per heavy atom. The molecule has 1 saturated carbocycles. The predicted molar refractivity (Wildman–Crippen MR) is 87.9 cm³/mol. The molecule has 0 radical (unpaired) electrons. The van der Waals surface area contributed by atoms with E-state index in [2.05, 4.69) is 50.2 Å². The first-order valence-corrected chi connectivity index (χ1v) is 8.54. The fraction of sp³-hybridized carbons (Fsp3) is 0.556. The molecule has 1 fully saturated rings. The number of nitrogens with zero attached hydrogens (tertiary/aromatic N) is 4. The minimum Gasteiger partial charge on any atom is -0.383 e. The maximum Gasteiger partial charge on any atom is 0.105 e. The highest BCUT2D eigenvalue weighted by Crippen LogP contribution is 2.34. The lowest BCUT2D eigenvalue weighted by Crippen LogP contribution is -2.38. The first kappa shape index (κ1) is 14.8. The van der Waals surface area contributed by atoms with Gasteiger partial charge in [0.2, 0.25) is 0 Å². The van der Waals surface area contributed by atoms with Crippen molar-refractivity contribution in [1.29, 1.82) is 0 Å². The molecule has 0 N–H and O–H groups in total. The van der Waals surface area contributed by atoms with Gasteiger partial charge in [-0.15, -0.1) is 5.10 Å². The van der Waals surface area contributed by atoms with Crippen LogP contribution in [0.2, 0.25) is 0 Å². The van der Waals surface area contributed by atoms with E-state index in [0.717, 1.165) is 37.7 Å². The summed E-state index contributed by atoms with van der Waals surface area (Å²) in [4.78, 5) is 2.47. The maximum absolute atomic E-state index is 5.49. The smallest absolute Gasteiger partial charge is 0.105 e. The van der Waals surface area contributed by atoms with Crippen molar-refractivity contribution in [3.8, 4) is 0 Å². The third-order valence-corrected chi connectivity index (χ3v) is 4.94. The fourth-order valence-corrected chi connectivity index (χ4v) is 3.48. The highest BCUT2D eigenvalue weighted by atomic mass is 16.5. The van der Waals surface area contributed by atoms with Gasteiger partial charge in [0.05, 0.1) is 18.3 Å². The third kappa shape index (κ3) is 3.16. The van der Waals surface area contributed by atoms with Crippen LogP contribution in [0.4, 0.5) is 0 Å². The van der Waals surface area contributed by atoms with Gasteiger partial charge in [-0.3, -0.25) is 4.90 Å². The van der Waals surface area contributed by atoms with Crippen LogP contribution < -0.4 is 0 Å². The lowest BCUT2D eigenvalue weighted by atomic mass is 10.0. The minimum absolute atomic E-state index is 0.205. The highest BCUT2D eigenvalue weighted by molar-refractivity contribution is 5.21. The molecule has 1 aromatic carbocycles. The Morgan fingerprint density at radius 2 is 2.04 bits per heavy atom. The number of hydrogen-bond donors (Lipinski definition) is 0. The first-order valence-electron chi connectivity index (χ1n) is 8.54. The largest absolute Gasteiger partial charge is 0.383 e. The van der Waals surface area contributed by atoms with E-state index < -0.39 is 0 Å². The van der Waals surface area contributed by atoms with Crippen molar-refractivity contribution in [3.63, 3.8) is 0 Å². The highest BCUT2D eigenvalue weighted by Gasteiger charge is 2.33. The predicted octanol–water partition coefficient (Wildman–Crippen LogP) is 2.43. The van der Waals surface area contributed by atoms with Gasteiger partial charge in [0.25, 0.3) is 0 Å². The van der Waals surface area contributed by atoms with E-state index in [4.69, 9.17) is 4.74 Å². The zero-order valence-electron chi connectivity index (χ0n) is 13.7. The molecular weight excluding hydrogens is 288 g/mol. The van der Waals surface area contributed by atoms with Gasteiger partial charge in [-0.05, 0) is 24.3 Å². The van der Waals surface area contributed by atoms with Crippen LogP contribution in [0, 0.1) is 5.92 Å². The molecule has 0 spiro atoms. The molecule has 0 amide bonds. The molecule has 0 bridgehead atoms.